The summed E-state index contributed by atoms with van der Waals surface area (Å²) in [6.07, 6.45) is 27.0. The molecule has 0 aromatic rings. The molecular formula is C29H37Cl2Hf. The molecule has 5 aliphatic rings. The Bertz CT molecular complexity index is 1020. The van der Waals surface area contributed by atoms with E-state index < -0.39 is 0 Å². The van der Waals surface area contributed by atoms with Crippen LogP contribution in [0.3, 0.4) is 0 Å². The first kappa shape index (κ1) is 26.5. The Labute approximate surface area is 223 Å². The van der Waals surface area contributed by atoms with Crippen LogP contribution in [0.5, 0.6) is 0 Å². The van der Waals surface area contributed by atoms with Gasteiger partial charge in [0.05, 0.1) is 0 Å². The van der Waals surface area contributed by atoms with E-state index in [1.807, 2.05) is 0 Å². The quantitative estimate of drug-likeness (QED) is 0.357. The van der Waals surface area contributed by atoms with Gasteiger partial charge >= 0.3 is 200 Å². The molecule has 0 N–H and O–H groups in total. The van der Waals surface area contributed by atoms with Crippen molar-refractivity contribution in [3.05, 3.63) is 72.4 Å². The van der Waals surface area contributed by atoms with E-state index in [2.05, 4.69) is 122 Å². The number of hydrogen-bond acceptors (Lipinski definition) is 0. The molecule has 0 spiro atoms. The zero-order chi connectivity index (χ0) is 22.0. The van der Waals surface area contributed by atoms with Gasteiger partial charge in [-0.15, -0.1) is 0 Å². The number of allylic oxidation sites excluding steroid dienone is 12. The van der Waals surface area contributed by atoms with Crippen molar-refractivity contribution in [3.63, 3.8) is 0 Å². The molecule has 0 heterocycles. The van der Waals surface area contributed by atoms with Gasteiger partial charge in [-0.1, -0.05) is 0 Å². The van der Waals surface area contributed by atoms with Crippen molar-refractivity contribution in [2.75, 3.05) is 0 Å². The fraction of sp³-hybridized carbons (Fsp3) is 0.586. The van der Waals surface area contributed by atoms with Crippen molar-refractivity contribution in [1.29, 1.82) is 0 Å². The third-order valence-corrected chi connectivity index (χ3v) is 15.9. The fourth-order valence-electron chi connectivity index (χ4n) is 9.76. The van der Waals surface area contributed by atoms with E-state index in [9.17, 15) is 0 Å². The SMILES string of the molecule is CC1=CC=CC2[CH]([Hf+2])C3(C)C4(C)C=CC=CC4(C)C4(C)C=CC=CC4(C)C3(C)C12C.[Cl-].[Cl-]. The maximum Gasteiger partial charge on any atom is -1.00 e. The minimum atomic E-state index is 0. The van der Waals surface area contributed by atoms with Crippen LogP contribution in [0.1, 0.15) is 55.4 Å². The van der Waals surface area contributed by atoms with Crippen LogP contribution in [0.15, 0.2) is 72.4 Å². The molecule has 0 radical (unpaired) electrons. The molecule has 0 bridgehead atoms. The van der Waals surface area contributed by atoms with Crippen LogP contribution in [0.4, 0.5) is 0 Å². The van der Waals surface area contributed by atoms with Gasteiger partial charge in [0.15, 0.2) is 0 Å². The van der Waals surface area contributed by atoms with Crippen molar-refractivity contribution in [2.24, 2.45) is 43.8 Å². The van der Waals surface area contributed by atoms with Gasteiger partial charge in [0.1, 0.15) is 0 Å². The Kier molecular flexibility index (Phi) is 5.97. The van der Waals surface area contributed by atoms with Crippen LogP contribution in [0.25, 0.3) is 0 Å². The summed E-state index contributed by atoms with van der Waals surface area (Å²) in [7, 11) is 0. The molecule has 32 heavy (non-hydrogen) atoms. The van der Waals surface area contributed by atoms with E-state index in [0.29, 0.717) is 9.59 Å². The van der Waals surface area contributed by atoms with Crippen LogP contribution in [-0.2, 0) is 24.4 Å². The first-order valence-corrected chi connectivity index (χ1v) is 13.7. The summed E-state index contributed by atoms with van der Waals surface area (Å²) in [6.45, 7) is 20.8. The van der Waals surface area contributed by atoms with Crippen molar-refractivity contribution >= 4 is 0 Å². The van der Waals surface area contributed by atoms with E-state index in [4.69, 9.17) is 0 Å². The topological polar surface area (TPSA) is 0 Å². The van der Waals surface area contributed by atoms with E-state index in [1.54, 1.807) is 5.57 Å². The van der Waals surface area contributed by atoms with Gasteiger partial charge in [0, 0.05) is 0 Å². The van der Waals surface area contributed by atoms with E-state index >= 15 is 0 Å². The van der Waals surface area contributed by atoms with Crippen LogP contribution < -0.4 is 24.8 Å². The van der Waals surface area contributed by atoms with Crippen molar-refractivity contribution in [1.82, 2.24) is 0 Å². The Balaban J connectivity index is 0.00000144. The van der Waals surface area contributed by atoms with E-state index in [0.717, 1.165) is 0 Å². The van der Waals surface area contributed by atoms with Gasteiger partial charge in [0.2, 0.25) is 0 Å². The molecule has 2 fully saturated rings. The molecule has 0 amide bonds. The Hall–Kier alpha value is -0.110. The molecule has 9 unspecified atom stereocenters. The van der Waals surface area contributed by atoms with Gasteiger partial charge in [-0.3, -0.25) is 0 Å². The van der Waals surface area contributed by atoms with Crippen molar-refractivity contribution in [3.8, 4) is 0 Å². The summed E-state index contributed by atoms with van der Waals surface area (Å²) in [4.78, 5) is 0. The number of hydrogen-bond donors (Lipinski definition) is 0. The minimum absolute atomic E-state index is 0. The summed E-state index contributed by atoms with van der Waals surface area (Å²) in [5.74, 6) is 0.614. The second kappa shape index (κ2) is 7.20. The summed E-state index contributed by atoms with van der Waals surface area (Å²) >= 11 is 1.21. The average Bonchev–Trinajstić information content (AvgIpc) is 2.85. The molecule has 0 nitrogen and oxygen atoms in total. The van der Waals surface area contributed by atoms with E-state index in [1.165, 1.54) is 24.4 Å². The average molecular weight is 635 g/mol. The standard InChI is InChI=1S/C29H37.2ClH.Hf/c1-21-14-13-15-22-20-27(6)25(4)18-10-9-16-23(25,2)24(3)17-11-12-19-26(24,5)29(27,8)28(21,22)7;;;/h9-20,22H,1-8H3;2*1H;/q;;;+2/p-2. The van der Waals surface area contributed by atoms with Crippen LogP contribution in [-0.4, -0.2) is 0 Å². The molecule has 171 valence electrons. The van der Waals surface area contributed by atoms with Crippen molar-refractivity contribution in [2.45, 2.75) is 59.1 Å². The summed E-state index contributed by atoms with van der Waals surface area (Å²) in [5, 5.41) is 0. The van der Waals surface area contributed by atoms with Gasteiger partial charge in [-0.2, -0.15) is 0 Å². The van der Waals surface area contributed by atoms with Gasteiger partial charge in [-0.25, -0.2) is 0 Å². The Morgan fingerprint density at radius 2 is 1.09 bits per heavy atom. The number of rotatable bonds is 0. The molecule has 3 heteroatoms. The molecule has 9 atom stereocenters. The summed E-state index contributed by atoms with van der Waals surface area (Å²) in [6, 6.07) is 0. The van der Waals surface area contributed by atoms with Gasteiger partial charge < -0.3 is 24.8 Å². The predicted molar refractivity (Wildman–Crippen MR) is 123 cm³/mol. The second-order valence-corrected chi connectivity index (χ2v) is 14.2. The zero-order valence-corrected chi connectivity index (χ0v) is 25.9. The summed E-state index contributed by atoms with van der Waals surface area (Å²) in [5.41, 5.74) is 2.20. The number of fused-ring (bicyclic) bond motifs is 8. The zero-order valence-electron chi connectivity index (χ0n) is 20.8. The largest absolute Gasteiger partial charge is 1.00 e. The maximum absolute atomic E-state index is 2.69. The molecular weight excluding hydrogens is 598 g/mol. The molecule has 0 saturated heterocycles. The predicted octanol–water partition coefficient (Wildman–Crippen LogP) is 1.79. The van der Waals surface area contributed by atoms with Crippen molar-refractivity contribution < 1.29 is 49.2 Å². The fourth-order valence-corrected chi connectivity index (χ4v) is 13.5. The maximum atomic E-state index is 2.69. The second-order valence-electron chi connectivity index (χ2n) is 12.0. The smallest absolute Gasteiger partial charge is 1.00 e. The van der Waals surface area contributed by atoms with Crippen LogP contribution in [0, 0.1) is 43.8 Å². The Morgan fingerprint density at radius 1 is 0.656 bits per heavy atom. The number of halogens is 2. The summed E-state index contributed by atoms with van der Waals surface area (Å²) < 4.78 is 0.716. The molecule has 0 aromatic heterocycles. The molecule has 5 aliphatic carbocycles. The first-order valence-electron chi connectivity index (χ1n) is 11.6. The monoisotopic (exact) mass is 635 g/mol. The molecule has 0 aromatic carbocycles. The third-order valence-electron chi connectivity index (χ3n) is 12.5. The molecule has 0 aliphatic heterocycles. The third kappa shape index (κ3) is 2.10. The van der Waals surface area contributed by atoms with Gasteiger partial charge in [-0.05, 0) is 0 Å². The first-order chi connectivity index (χ1) is 13.8. The molecule has 5 rings (SSSR count). The normalized spacial score (nSPS) is 56.2. The minimum Gasteiger partial charge on any atom is -1.00 e. The van der Waals surface area contributed by atoms with Crippen LogP contribution >= 0.6 is 0 Å². The van der Waals surface area contributed by atoms with Gasteiger partial charge in [0.25, 0.3) is 0 Å². The molecule has 2 saturated carbocycles. The van der Waals surface area contributed by atoms with Crippen LogP contribution in [0.2, 0.25) is 3.67 Å². The van der Waals surface area contributed by atoms with E-state index in [-0.39, 0.29) is 62.7 Å². The Morgan fingerprint density at radius 3 is 1.62 bits per heavy atom.